The summed E-state index contributed by atoms with van der Waals surface area (Å²) in [6, 6.07) is 6.29. The highest BCUT2D eigenvalue weighted by Gasteiger charge is 2.28. The lowest BCUT2D eigenvalue weighted by Crippen LogP contribution is -2.46. The number of nitrogens with one attached hydrogen (secondary N) is 1. The van der Waals surface area contributed by atoms with E-state index in [1.807, 2.05) is 24.3 Å². The van der Waals surface area contributed by atoms with Gasteiger partial charge in [0.2, 0.25) is 5.91 Å². The van der Waals surface area contributed by atoms with Gasteiger partial charge in [0, 0.05) is 19.2 Å². The summed E-state index contributed by atoms with van der Waals surface area (Å²) in [7, 11) is 0. The fraction of sp³-hybridized carbons (Fsp3) is 0.375. The van der Waals surface area contributed by atoms with Gasteiger partial charge < -0.3 is 15.2 Å². The number of ether oxygens (including phenoxy) is 1. The van der Waals surface area contributed by atoms with Crippen molar-refractivity contribution in [2.45, 2.75) is 31.4 Å². The topological polar surface area (TPSA) is 101 Å². The molecule has 0 radical (unpaired) electrons. The van der Waals surface area contributed by atoms with Crippen LogP contribution in [-0.4, -0.2) is 45.7 Å². The molecule has 23 heavy (non-hydrogen) atoms. The molecule has 1 aromatic heterocycles. The maximum atomic E-state index is 12.0. The van der Waals surface area contributed by atoms with Crippen LogP contribution in [0.25, 0.3) is 11.0 Å². The number of hydrogen-bond acceptors (Lipinski definition) is 5. The zero-order valence-corrected chi connectivity index (χ0v) is 12.4. The molecule has 2 heterocycles. The van der Waals surface area contributed by atoms with Crippen LogP contribution in [-0.2, 0) is 20.7 Å². The van der Waals surface area contributed by atoms with Crippen molar-refractivity contribution in [2.75, 3.05) is 6.61 Å². The van der Waals surface area contributed by atoms with Crippen molar-refractivity contribution >= 4 is 22.9 Å². The van der Waals surface area contributed by atoms with Crippen LogP contribution in [0.4, 0.5) is 0 Å². The third-order valence-electron chi connectivity index (χ3n) is 3.75. The van der Waals surface area contributed by atoms with Crippen LogP contribution in [0.3, 0.4) is 0 Å². The molecular formula is C16H17N3O4. The average Bonchev–Trinajstić information content (AvgIpc) is 3.08. The van der Waals surface area contributed by atoms with E-state index in [4.69, 9.17) is 4.74 Å². The van der Waals surface area contributed by atoms with Gasteiger partial charge in [0.15, 0.2) is 0 Å². The molecule has 0 unspecified atom stereocenters. The number of nitrogens with zero attached hydrogens (tertiary/aromatic N) is 2. The number of aliphatic carboxylic acids is 1. The molecule has 2 aromatic rings. The van der Waals surface area contributed by atoms with Gasteiger partial charge in [-0.3, -0.25) is 9.78 Å². The van der Waals surface area contributed by atoms with Crippen molar-refractivity contribution in [1.82, 2.24) is 15.3 Å². The normalized spacial score (nSPS) is 18.7. The van der Waals surface area contributed by atoms with Crippen LogP contribution in [0.15, 0.2) is 30.5 Å². The van der Waals surface area contributed by atoms with Gasteiger partial charge in [-0.2, -0.15) is 0 Å². The van der Waals surface area contributed by atoms with E-state index in [9.17, 15) is 14.7 Å². The number of hydrogen-bond donors (Lipinski definition) is 2. The summed E-state index contributed by atoms with van der Waals surface area (Å²) in [5.41, 5.74) is 1.95. The van der Waals surface area contributed by atoms with Gasteiger partial charge >= 0.3 is 5.97 Å². The van der Waals surface area contributed by atoms with Crippen LogP contribution in [0, 0.1) is 0 Å². The molecule has 2 atom stereocenters. The number of fused-ring (bicyclic) bond motifs is 1. The Morgan fingerprint density at radius 1 is 1.35 bits per heavy atom. The third kappa shape index (κ3) is 3.62. The zero-order chi connectivity index (χ0) is 16.2. The number of amides is 1. The summed E-state index contributed by atoms with van der Waals surface area (Å²) in [6.45, 7) is 0.534. The van der Waals surface area contributed by atoms with E-state index < -0.39 is 18.1 Å². The lowest BCUT2D eigenvalue weighted by molar-refractivity contribution is -0.143. The van der Waals surface area contributed by atoms with E-state index in [-0.39, 0.29) is 12.3 Å². The molecule has 7 nitrogen and oxygen atoms in total. The Balaban J connectivity index is 1.72. The molecule has 1 amide bonds. The first-order chi connectivity index (χ1) is 11.1. The molecule has 1 aromatic carbocycles. The number of rotatable bonds is 5. The Labute approximate surface area is 132 Å². The van der Waals surface area contributed by atoms with Gasteiger partial charge in [0.25, 0.3) is 0 Å². The molecule has 1 fully saturated rings. The van der Waals surface area contributed by atoms with Crippen molar-refractivity contribution in [3.05, 3.63) is 36.2 Å². The highest BCUT2D eigenvalue weighted by Crippen LogP contribution is 2.13. The van der Waals surface area contributed by atoms with Gasteiger partial charge in [-0.15, -0.1) is 0 Å². The molecule has 1 saturated heterocycles. The number of carboxylic acids is 1. The van der Waals surface area contributed by atoms with E-state index in [0.29, 0.717) is 24.2 Å². The molecule has 1 aliphatic rings. The van der Waals surface area contributed by atoms with Crippen LogP contribution in [0.1, 0.15) is 18.5 Å². The van der Waals surface area contributed by atoms with Crippen molar-refractivity contribution in [2.24, 2.45) is 0 Å². The fourth-order valence-electron chi connectivity index (χ4n) is 2.55. The van der Waals surface area contributed by atoms with Gasteiger partial charge in [0.05, 0.1) is 16.7 Å². The SMILES string of the molecule is O=C(O)[C@H](Cc1cnc2ccccc2n1)NC(=O)[C@H]1CCCO1. The molecular weight excluding hydrogens is 298 g/mol. The first-order valence-electron chi connectivity index (χ1n) is 7.49. The Hall–Kier alpha value is -2.54. The second-order valence-electron chi connectivity index (χ2n) is 5.46. The van der Waals surface area contributed by atoms with Gasteiger partial charge in [-0.05, 0) is 25.0 Å². The number of carbonyl (C=O) groups is 2. The molecule has 2 N–H and O–H groups in total. The lowest BCUT2D eigenvalue weighted by atomic mass is 10.1. The van der Waals surface area contributed by atoms with Gasteiger partial charge in [0.1, 0.15) is 12.1 Å². The van der Waals surface area contributed by atoms with Crippen molar-refractivity contribution in [3.63, 3.8) is 0 Å². The van der Waals surface area contributed by atoms with E-state index in [0.717, 1.165) is 11.9 Å². The predicted molar refractivity (Wildman–Crippen MR) is 81.8 cm³/mol. The summed E-state index contributed by atoms with van der Waals surface area (Å²) >= 11 is 0. The van der Waals surface area contributed by atoms with Crippen LogP contribution in [0.2, 0.25) is 0 Å². The van der Waals surface area contributed by atoms with E-state index >= 15 is 0 Å². The zero-order valence-electron chi connectivity index (χ0n) is 12.4. The Morgan fingerprint density at radius 3 is 2.83 bits per heavy atom. The molecule has 3 rings (SSSR count). The van der Waals surface area contributed by atoms with E-state index in [1.165, 1.54) is 6.20 Å². The molecule has 0 bridgehead atoms. The minimum atomic E-state index is -1.11. The largest absolute Gasteiger partial charge is 0.480 e. The van der Waals surface area contributed by atoms with E-state index in [1.54, 1.807) is 0 Å². The van der Waals surface area contributed by atoms with Crippen molar-refractivity contribution in [3.8, 4) is 0 Å². The molecule has 120 valence electrons. The number of benzene rings is 1. The summed E-state index contributed by atoms with van der Waals surface area (Å²) in [6.07, 6.45) is 2.49. The predicted octanol–water partition coefficient (Wildman–Crippen LogP) is 0.921. The smallest absolute Gasteiger partial charge is 0.326 e. The highest BCUT2D eigenvalue weighted by atomic mass is 16.5. The third-order valence-corrected chi connectivity index (χ3v) is 3.75. The van der Waals surface area contributed by atoms with Crippen LogP contribution in [0.5, 0.6) is 0 Å². The standard InChI is InChI=1S/C16H17N3O4/c20-15(14-6-3-7-23-14)19-13(16(21)22)8-10-9-17-11-4-1-2-5-12(11)18-10/h1-2,4-5,9,13-14H,3,6-8H2,(H,19,20)(H,21,22)/t13-,14+/m0/s1. The summed E-state index contributed by atoms with van der Waals surface area (Å²) in [5.74, 6) is -1.49. The molecule has 1 aliphatic heterocycles. The molecule has 0 aliphatic carbocycles. The molecule has 7 heteroatoms. The fourth-order valence-corrected chi connectivity index (χ4v) is 2.55. The number of carbonyl (C=O) groups excluding carboxylic acids is 1. The second kappa shape index (κ2) is 6.70. The average molecular weight is 315 g/mol. The van der Waals surface area contributed by atoms with Gasteiger partial charge in [-0.25, -0.2) is 9.78 Å². The first-order valence-corrected chi connectivity index (χ1v) is 7.49. The lowest BCUT2D eigenvalue weighted by Gasteiger charge is -2.17. The maximum absolute atomic E-state index is 12.0. The minimum absolute atomic E-state index is 0.0750. The van der Waals surface area contributed by atoms with Gasteiger partial charge in [-0.1, -0.05) is 12.1 Å². The Morgan fingerprint density at radius 2 is 2.13 bits per heavy atom. The summed E-state index contributed by atoms with van der Waals surface area (Å²) in [5, 5.41) is 11.9. The van der Waals surface area contributed by atoms with Crippen molar-refractivity contribution in [1.29, 1.82) is 0 Å². The summed E-state index contributed by atoms with van der Waals surface area (Å²) in [4.78, 5) is 32.1. The monoisotopic (exact) mass is 315 g/mol. The van der Waals surface area contributed by atoms with Crippen LogP contribution >= 0.6 is 0 Å². The minimum Gasteiger partial charge on any atom is -0.480 e. The second-order valence-corrected chi connectivity index (χ2v) is 5.46. The summed E-state index contributed by atoms with van der Waals surface area (Å²) < 4.78 is 5.27. The highest BCUT2D eigenvalue weighted by molar-refractivity contribution is 5.86. The first kappa shape index (κ1) is 15.4. The number of aromatic nitrogens is 2. The van der Waals surface area contributed by atoms with Crippen molar-refractivity contribution < 1.29 is 19.4 Å². The van der Waals surface area contributed by atoms with E-state index in [2.05, 4.69) is 15.3 Å². The Bertz CT molecular complexity index is 728. The quantitative estimate of drug-likeness (QED) is 0.851. The maximum Gasteiger partial charge on any atom is 0.326 e. The number of para-hydroxylation sites is 2. The molecule has 0 spiro atoms. The van der Waals surface area contributed by atoms with Crippen LogP contribution < -0.4 is 5.32 Å². The number of carboxylic acid groups (broad SMARTS) is 1. The molecule has 0 saturated carbocycles. The Kier molecular flexibility index (Phi) is 4.47.